The predicted octanol–water partition coefficient (Wildman–Crippen LogP) is 2.77. The summed E-state index contributed by atoms with van der Waals surface area (Å²) >= 11 is 5.88. The number of hydrogen-bond donors (Lipinski definition) is 2. The molecule has 1 amide bonds. The monoisotopic (exact) mass is 446 g/mol. The fourth-order valence-electron chi connectivity index (χ4n) is 2.23. The van der Waals surface area contributed by atoms with Gasteiger partial charge in [-0.15, -0.1) is 0 Å². The number of benzene rings is 2. The average molecular weight is 447 g/mol. The molecule has 2 aromatic carbocycles. The van der Waals surface area contributed by atoms with Crippen LogP contribution in [0.4, 0.5) is 11.4 Å². The number of amides is 1. The number of sulfone groups is 1. The number of nitrogens with one attached hydrogen (secondary N) is 2. The third-order valence-corrected chi connectivity index (χ3v) is 6.57. The molecule has 0 bridgehead atoms. The number of halogens is 1. The molecule has 11 heteroatoms. The highest BCUT2D eigenvalue weighted by molar-refractivity contribution is 7.92. The number of ether oxygens (including phenoxy) is 1. The third kappa shape index (κ3) is 5.37. The molecule has 0 aliphatic heterocycles. The van der Waals surface area contributed by atoms with Crippen molar-refractivity contribution in [3.05, 3.63) is 47.0 Å². The summed E-state index contributed by atoms with van der Waals surface area (Å²) in [5, 5.41) is 2.62. The number of carbonyl (C=O) groups is 1. The molecule has 8 nitrogen and oxygen atoms in total. The van der Waals surface area contributed by atoms with Gasteiger partial charge in [0.15, 0.2) is 9.84 Å². The van der Waals surface area contributed by atoms with Gasteiger partial charge in [-0.2, -0.15) is 0 Å². The van der Waals surface area contributed by atoms with Crippen molar-refractivity contribution in [1.29, 1.82) is 0 Å². The lowest BCUT2D eigenvalue weighted by molar-refractivity contribution is 0.102. The van der Waals surface area contributed by atoms with Gasteiger partial charge in [0.2, 0.25) is 10.0 Å². The number of rotatable bonds is 7. The van der Waals surface area contributed by atoms with E-state index in [2.05, 4.69) is 10.0 Å². The lowest BCUT2D eigenvalue weighted by Gasteiger charge is -2.13. The van der Waals surface area contributed by atoms with Crippen LogP contribution in [-0.4, -0.2) is 41.9 Å². The van der Waals surface area contributed by atoms with Crippen molar-refractivity contribution in [3.8, 4) is 5.75 Å². The van der Waals surface area contributed by atoms with E-state index in [0.717, 1.165) is 6.26 Å². The molecule has 0 unspecified atom stereocenters. The van der Waals surface area contributed by atoms with Crippen molar-refractivity contribution in [2.24, 2.45) is 0 Å². The second-order valence-corrected chi connectivity index (χ2v) is 10.2. The minimum absolute atomic E-state index is 0.0216. The number of hydrogen-bond acceptors (Lipinski definition) is 6. The first kappa shape index (κ1) is 22.0. The lowest BCUT2D eigenvalue weighted by Crippen LogP contribution is -2.16. The molecule has 0 spiro atoms. The van der Waals surface area contributed by atoms with E-state index in [4.69, 9.17) is 16.3 Å². The minimum atomic E-state index is -3.60. The maximum Gasteiger partial charge on any atom is 0.255 e. The van der Waals surface area contributed by atoms with E-state index >= 15 is 0 Å². The van der Waals surface area contributed by atoms with Crippen LogP contribution in [-0.2, 0) is 19.9 Å². The zero-order valence-corrected chi connectivity index (χ0v) is 17.7. The van der Waals surface area contributed by atoms with Gasteiger partial charge in [0, 0.05) is 23.6 Å². The molecule has 0 saturated carbocycles. The molecule has 152 valence electrons. The number of anilines is 2. The largest absolute Gasteiger partial charge is 0.494 e. The summed E-state index contributed by atoms with van der Waals surface area (Å²) in [6, 6.07) is 8.29. The van der Waals surface area contributed by atoms with E-state index in [1.54, 1.807) is 0 Å². The maximum atomic E-state index is 12.5. The molecule has 2 N–H and O–H groups in total. The van der Waals surface area contributed by atoms with Crippen LogP contribution in [0.25, 0.3) is 0 Å². The molecule has 0 aromatic heterocycles. The van der Waals surface area contributed by atoms with E-state index in [1.165, 1.54) is 50.4 Å². The standard InChI is InChI=1S/C17H19ClN2O6S2/c1-4-28(24,25)20-14-8-6-12(10-15(14)26-2)19-17(21)11-5-7-13(18)16(9-11)27(3,22)23/h5-10,20H,4H2,1-3H3,(H,19,21). The Bertz CT molecular complexity index is 1110. The lowest BCUT2D eigenvalue weighted by atomic mass is 10.2. The van der Waals surface area contributed by atoms with Gasteiger partial charge in [0.05, 0.1) is 28.5 Å². The van der Waals surface area contributed by atoms with E-state index in [0.29, 0.717) is 5.69 Å². The van der Waals surface area contributed by atoms with Gasteiger partial charge >= 0.3 is 0 Å². The zero-order valence-electron chi connectivity index (χ0n) is 15.3. The summed E-state index contributed by atoms with van der Waals surface area (Å²) in [7, 11) is -5.73. The smallest absolute Gasteiger partial charge is 0.255 e. The van der Waals surface area contributed by atoms with Crippen LogP contribution < -0.4 is 14.8 Å². The van der Waals surface area contributed by atoms with Gasteiger partial charge in [-0.1, -0.05) is 11.6 Å². The summed E-state index contributed by atoms with van der Waals surface area (Å²) < 4.78 is 54.5. The van der Waals surface area contributed by atoms with Crippen LogP contribution >= 0.6 is 11.6 Å². The molecule has 0 fully saturated rings. The predicted molar refractivity (Wildman–Crippen MR) is 109 cm³/mol. The van der Waals surface area contributed by atoms with Crippen LogP contribution in [0.1, 0.15) is 17.3 Å². The topological polar surface area (TPSA) is 119 Å². The van der Waals surface area contributed by atoms with Gasteiger partial charge in [0.1, 0.15) is 5.75 Å². The van der Waals surface area contributed by atoms with Crippen molar-refractivity contribution >= 4 is 48.7 Å². The average Bonchev–Trinajstić information content (AvgIpc) is 2.62. The molecule has 28 heavy (non-hydrogen) atoms. The van der Waals surface area contributed by atoms with Crippen LogP contribution in [0.3, 0.4) is 0 Å². The van der Waals surface area contributed by atoms with Gasteiger partial charge < -0.3 is 10.1 Å². The van der Waals surface area contributed by atoms with Gasteiger partial charge in [-0.05, 0) is 37.3 Å². The Morgan fingerprint density at radius 2 is 1.79 bits per heavy atom. The first-order chi connectivity index (χ1) is 13.0. The molecule has 0 radical (unpaired) electrons. The van der Waals surface area contributed by atoms with E-state index in [9.17, 15) is 21.6 Å². The van der Waals surface area contributed by atoms with Crippen molar-refractivity contribution in [2.75, 3.05) is 29.2 Å². The number of sulfonamides is 1. The van der Waals surface area contributed by atoms with Crippen molar-refractivity contribution in [2.45, 2.75) is 11.8 Å². The quantitative estimate of drug-likeness (QED) is 0.675. The Kier molecular flexibility index (Phi) is 6.58. The number of carbonyl (C=O) groups excluding carboxylic acids is 1. The summed E-state index contributed by atoms with van der Waals surface area (Å²) in [4.78, 5) is 12.3. The van der Waals surface area contributed by atoms with Crippen molar-refractivity contribution in [3.63, 3.8) is 0 Å². The van der Waals surface area contributed by atoms with E-state index < -0.39 is 25.8 Å². The molecule has 2 aromatic rings. The van der Waals surface area contributed by atoms with Gasteiger partial charge in [-0.25, -0.2) is 16.8 Å². The van der Waals surface area contributed by atoms with E-state index in [1.807, 2.05) is 0 Å². The van der Waals surface area contributed by atoms with Gasteiger partial charge in [0.25, 0.3) is 5.91 Å². The Hall–Kier alpha value is -2.30. The van der Waals surface area contributed by atoms with Gasteiger partial charge in [-0.3, -0.25) is 9.52 Å². The highest BCUT2D eigenvalue weighted by Crippen LogP contribution is 2.29. The molecule has 0 saturated heterocycles. The minimum Gasteiger partial charge on any atom is -0.494 e. The second kappa shape index (κ2) is 8.38. The Morgan fingerprint density at radius 3 is 2.36 bits per heavy atom. The highest BCUT2D eigenvalue weighted by Gasteiger charge is 2.17. The molecular formula is C17H19ClN2O6S2. The number of methoxy groups -OCH3 is 1. The van der Waals surface area contributed by atoms with Crippen molar-refractivity contribution in [1.82, 2.24) is 0 Å². The van der Waals surface area contributed by atoms with Crippen LogP contribution in [0.15, 0.2) is 41.3 Å². The molecule has 0 aliphatic rings. The molecule has 0 aliphatic carbocycles. The highest BCUT2D eigenvalue weighted by atomic mass is 35.5. The van der Waals surface area contributed by atoms with Crippen LogP contribution in [0.2, 0.25) is 5.02 Å². The summed E-state index contributed by atoms with van der Waals surface area (Å²) in [5.74, 6) is -0.457. The fraction of sp³-hybridized carbons (Fsp3) is 0.235. The normalized spacial score (nSPS) is 11.7. The Morgan fingerprint density at radius 1 is 1.11 bits per heavy atom. The van der Waals surface area contributed by atoms with Crippen molar-refractivity contribution < 1.29 is 26.4 Å². The summed E-state index contributed by atoms with van der Waals surface area (Å²) in [6.07, 6.45) is 0.997. The molecule has 2 rings (SSSR count). The first-order valence-corrected chi connectivity index (χ1v) is 11.9. The second-order valence-electron chi connectivity index (χ2n) is 5.79. The molecule has 0 atom stereocenters. The van der Waals surface area contributed by atoms with Crippen LogP contribution in [0.5, 0.6) is 5.75 Å². The Labute approximate surface area is 168 Å². The summed E-state index contributed by atoms with van der Waals surface area (Å²) in [6.45, 7) is 1.50. The third-order valence-electron chi connectivity index (χ3n) is 3.70. The SMILES string of the molecule is CCS(=O)(=O)Nc1ccc(NC(=O)c2ccc(Cl)c(S(C)(=O)=O)c2)cc1OC. The first-order valence-electron chi connectivity index (χ1n) is 7.96. The fourth-order valence-corrected chi connectivity index (χ4v) is 4.17. The van der Waals surface area contributed by atoms with Crippen LogP contribution in [0, 0.1) is 0 Å². The zero-order chi connectivity index (χ0) is 21.1. The molecule has 0 heterocycles. The molecular weight excluding hydrogens is 428 g/mol. The van der Waals surface area contributed by atoms with E-state index in [-0.39, 0.29) is 32.7 Å². The maximum absolute atomic E-state index is 12.5. The summed E-state index contributed by atoms with van der Waals surface area (Å²) in [5.41, 5.74) is 0.657. The Balaban J connectivity index is 2.30.